The van der Waals surface area contributed by atoms with E-state index in [-0.39, 0.29) is 17.1 Å². The highest BCUT2D eigenvalue weighted by Crippen LogP contribution is 2.13. The van der Waals surface area contributed by atoms with E-state index < -0.39 is 16.0 Å². The van der Waals surface area contributed by atoms with Crippen LogP contribution in [0.15, 0.2) is 34.5 Å². The van der Waals surface area contributed by atoms with Crippen molar-refractivity contribution in [3.8, 4) is 0 Å². The van der Waals surface area contributed by atoms with Crippen LogP contribution >= 0.6 is 11.3 Å². The topological polar surface area (TPSA) is 96.4 Å². The number of aromatic nitrogens is 1. The first-order valence-electron chi connectivity index (χ1n) is 5.62. The quantitative estimate of drug-likeness (QED) is 0.874. The minimum atomic E-state index is -3.62. The van der Waals surface area contributed by atoms with Crippen LogP contribution in [0.4, 0.5) is 0 Å². The molecule has 1 aromatic carbocycles. The Balaban J connectivity index is 2.11. The lowest BCUT2D eigenvalue weighted by Crippen LogP contribution is -2.23. The maximum atomic E-state index is 12.0. The van der Waals surface area contributed by atoms with Gasteiger partial charge in [0.05, 0.1) is 11.4 Å². The van der Waals surface area contributed by atoms with Crippen LogP contribution < -0.4 is 4.72 Å². The number of sulfonamides is 1. The summed E-state index contributed by atoms with van der Waals surface area (Å²) in [4.78, 5) is 14.7. The molecule has 0 saturated carbocycles. The number of benzene rings is 1. The second-order valence-electron chi connectivity index (χ2n) is 4.07. The zero-order valence-electron chi connectivity index (χ0n) is 10.5. The minimum Gasteiger partial charge on any atom is -0.476 e. The number of hydrogen-bond acceptors (Lipinski definition) is 5. The molecule has 0 aliphatic heterocycles. The van der Waals surface area contributed by atoms with E-state index in [1.54, 1.807) is 25.1 Å². The van der Waals surface area contributed by atoms with Crippen LogP contribution in [0.1, 0.15) is 21.1 Å². The second-order valence-corrected chi connectivity index (χ2v) is 6.78. The van der Waals surface area contributed by atoms with Crippen LogP contribution in [0.2, 0.25) is 0 Å². The van der Waals surface area contributed by atoms with Crippen molar-refractivity contribution in [2.75, 3.05) is 0 Å². The van der Waals surface area contributed by atoms with Crippen LogP contribution in [-0.2, 0) is 16.6 Å². The van der Waals surface area contributed by atoms with E-state index in [0.29, 0.717) is 5.01 Å². The molecule has 0 amide bonds. The Morgan fingerprint density at radius 1 is 1.45 bits per heavy atom. The highest BCUT2D eigenvalue weighted by Gasteiger charge is 2.15. The van der Waals surface area contributed by atoms with Crippen molar-refractivity contribution in [3.63, 3.8) is 0 Å². The fourth-order valence-corrected chi connectivity index (χ4v) is 3.40. The molecule has 0 atom stereocenters. The summed E-state index contributed by atoms with van der Waals surface area (Å²) in [5.41, 5.74) is 0.759. The Bertz CT molecular complexity index is 737. The highest BCUT2D eigenvalue weighted by molar-refractivity contribution is 7.89. The first-order valence-corrected chi connectivity index (χ1v) is 7.99. The predicted molar refractivity (Wildman–Crippen MR) is 74.3 cm³/mol. The number of aryl methyl sites for hydroxylation is 1. The number of thiazole rings is 1. The standard InChI is InChI=1S/C12H12N2O4S2/c1-8-3-2-4-9(5-8)20(17,18)13-6-11-14-10(7-19-11)12(15)16/h2-5,7,13H,6H2,1H3,(H,15,16). The molecule has 106 valence electrons. The van der Waals surface area contributed by atoms with Gasteiger partial charge in [0.1, 0.15) is 5.01 Å². The third kappa shape index (κ3) is 3.41. The van der Waals surface area contributed by atoms with Crippen molar-refractivity contribution in [1.82, 2.24) is 9.71 Å². The Kier molecular flexibility index (Phi) is 4.17. The summed E-state index contributed by atoms with van der Waals surface area (Å²) >= 11 is 1.10. The smallest absolute Gasteiger partial charge is 0.355 e. The molecular weight excluding hydrogens is 300 g/mol. The monoisotopic (exact) mass is 312 g/mol. The summed E-state index contributed by atoms with van der Waals surface area (Å²) in [6.45, 7) is 1.77. The van der Waals surface area contributed by atoms with E-state index in [2.05, 4.69) is 9.71 Å². The number of aromatic carboxylic acids is 1. The third-order valence-corrected chi connectivity index (χ3v) is 4.73. The van der Waals surface area contributed by atoms with Crippen molar-refractivity contribution < 1.29 is 18.3 Å². The maximum Gasteiger partial charge on any atom is 0.355 e. The molecule has 20 heavy (non-hydrogen) atoms. The highest BCUT2D eigenvalue weighted by atomic mass is 32.2. The lowest BCUT2D eigenvalue weighted by Gasteiger charge is -2.05. The van der Waals surface area contributed by atoms with Gasteiger partial charge in [-0.3, -0.25) is 0 Å². The van der Waals surface area contributed by atoms with Gasteiger partial charge in [-0.25, -0.2) is 22.9 Å². The molecule has 0 unspecified atom stereocenters. The molecule has 0 fully saturated rings. The summed E-state index contributed by atoms with van der Waals surface area (Å²) in [7, 11) is -3.62. The van der Waals surface area contributed by atoms with Gasteiger partial charge in [0.2, 0.25) is 10.0 Å². The molecule has 6 nitrogen and oxygen atoms in total. The largest absolute Gasteiger partial charge is 0.476 e. The van der Waals surface area contributed by atoms with Gasteiger partial charge in [-0.2, -0.15) is 0 Å². The van der Waals surface area contributed by atoms with Gasteiger partial charge in [-0.1, -0.05) is 12.1 Å². The lowest BCUT2D eigenvalue weighted by atomic mass is 10.2. The van der Waals surface area contributed by atoms with Crippen molar-refractivity contribution in [1.29, 1.82) is 0 Å². The molecule has 2 rings (SSSR count). The van der Waals surface area contributed by atoms with Gasteiger partial charge < -0.3 is 5.11 Å². The number of nitrogens with zero attached hydrogens (tertiary/aromatic N) is 1. The Morgan fingerprint density at radius 2 is 2.20 bits per heavy atom. The summed E-state index contributed by atoms with van der Waals surface area (Å²) in [6.07, 6.45) is 0. The zero-order valence-corrected chi connectivity index (χ0v) is 12.2. The van der Waals surface area contributed by atoms with Crippen molar-refractivity contribution in [3.05, 3.63) is 45.9 Å². The molecule has 0 saturated heterocycles. The number of nitrogens with one attached hydrogen (secondary N) is 1. The third-order valence-electron chi connectivity index (χ3n) is 2.48. The molecule has 0 aliphatic carbocycles. The average Bonchev–Trinajstić information content (AvgIpc) is 2.85. The van der Waals surface area contributed by atoms with E-state index >= 15 is 0 Å². The zero-order chi connectivity index (χ0) is 14.8. The molecule has 0 radical (unpaired) electrons. The molecule has 0 bridgehead atoms. The van der Waals surface area contributed by atoms with Gasteiger partial charge in [0, 0.05) is 5.38 Å². The number of carboxylic acids is 1. The molecule has 1 aromatic heterocycles. The summed E-state index contributed by atoms with van der Waals surface area (Å²) < 4.78 is 26.5. The number of rotatable bonds is 5. The van der Waals surface area contributed by atoms with E-state index in [9.17, 15) is 13.2 Å². The van der Waals surface area contributed by atoms with Gasteiger partial charge in [-0.15, -0.1) is 11.3 Å². The molecular formula is C12H12N2O4S2. The van der Waals surface area contributed by atoms with E-state index in [4.69, 9.17) is 5.11 Å². The first kappa shape index (κ1) is 14.6. The minimum absolute atomic E-state index is 0.0335. The lowest BCUT2D eigenvalue weighted by molar-refractivity contribution is 0.0691. The van der Waals surface area contributed by atoms with Gasteiger partial charge in [0.15, 0.2) is 5.69 Å². The first-order chi connectivity index (χ1) is 9.38. The van der Waals surface area contributed by atoms with Crippen molar-refractivity contribution in [2.45, 2.75) is 18.4 Å². The van der Waals surface area contributed by atoms with Crippen molar-refractivity contribution >= 4 is 27.3 Å². The second kappa shape index (κ2) is 5.70. The van der Waals surface area contributed by atoms with Crippen LogP contribution in [0.5, 0.6) is 0 Å². The van der Waals surface area contributed by atoms with E-state index in [1.165, 1.54) is 11.4 Å². The number of hydrogen-bond donors (Lipinski definition) is 2. The van der Waals surface area contributed by atoms with Crippen molar-refractivity contribution in [2.24, 2.45) is 0 Å². The maximum absolute atomic E-state index is 12.0. The Labute approximate surface area is 120 Å². The van der Waals surface area contributed by atoms with Crippen LogP contribution in [0.25, 0.3) is 0 Å². The number of carboxylic acid groups (broad SMARTS) is 1. The SMILES string of the molecule is Cc1cccc(S(=O)(=O)NCc2nc(C(=O)O)cs2)c1. The van der Waals surface area contributed by atoms with Crippen LogP contribution in [0, 0.1) is 6.92 Å². The fraction of sp³-hybridized carbons (Fsp3) is 0.167. The normalized spacial score (nSPS) is 11.4. The molecule has 2 aromatic rings. The predicted octanol–water partition coefficient (Wildman–Crippen LogP) is 1.63. The summed E-state index contributed by atoms with van der Waals surface area (Å²) in [5, 5.41) is 10.5. The molecule has 1 heterocycles. The molecule has 0 aliphatic rings. The molecule has 2 N–H and O–H groups in total. The fourth-order valence-electron chi connectivity index (χ4n) is 1.51. The van der Waals surface area contributed by atoms with Gasteiger partial charge in [-0.05, 0) is 24.6 Å². The van der Waals surface area contributed by atoms with Gasteiger partial charge >= 0.3 is 5.97 Å². The number of carbonyl (C=O) groups is 1. The van der Waals surface area contributed by atoms with Gasteiger partial charge in [0.25, 0.3) is 0 Å². The average molecular weight is 312 g/mol. The molecule has 8 heteroatoms. The Hall–Kier alpha value is -1.77. The molecule has 0 spiro atoms. The van der Waals surface area contributed by atoms with Crippen LogP contribution in [0.3, 0.4) is 0 Å². The van der Waals surface area contributed by atoms with E-state index in [0.717, 1.165) is 16.9 Å². The Morgan fingerprint density at radius 3 is 2.80 bits per heavy atom. The summed E-state index contributed by atoms with van der Waals surface area (Å²) in [6, 6.07) is 6.53. The van der Waals surface area contributed by atoms with Crippen LogP contribution in [-0.4, -0.2) is 24.5 Å². The van der Waals surface area contributed by atoms with E-state index in [1.807, 2.05) is 0 Å². The summed E-state index contributed by atoms with van der Waals surface area (Å²) in [5.74, 6) is -1.13.